The molecule has 0 heterocycles. The van der Waals surface area contributed by atoms with Crippen molar-refractivity contribution in [2.75, 3.05) is 13.2 Å². The molecule has 0 atom stereocenters. The number of carbonyl (C=O) groups is 1. The summed E-state index contributed by atoms with van der Waals surface area (Å²) in [7, 11) is 0. The molecule has 3 nitrogen and oxygen atoms in total. The number of ketones is 1. The fourth-order valence-corrected chi connectivity index (χ4v) is 1.16. The summed E-state index contributed by atoms with van der Waals surface area (Å²) in [5, 5.41) is 0. The van der Waals surface area contributed by atoms with Gasteiger partial charge in [0, 0.05) is 18.8 Å². The van der Waals surface area contributed by atoms with E-state index in [2.05, 4.69) is 13.2 Å². The number of allylic oxidation sites excluding steroid dienone is 5. The molecule has 0 aliphatic rings. The SMILES string of the molecule is C=C/C=C\C(=C/C=C)C(=O)C(OCC)OCC. The second-order valence-electron chi connectivity index (χ2n) is 3.06. The molecule has 0 aromatic carbocycles. The summed E-state index contributed by atoms with van der Waals surface area (Å²) in [5.41, 5.74) is 0.479. The van der Waals surface area contributed by atoms with Crippen LogP contribution < -0.4 is 0 Å². The van der Waals surface area contributed by atoms with Gasteiger partial charge in [0.25, 0.3) is 0 Å². The van der Waals surface area contributed by atoms with E-state index in [0.717, 1.165) is 0 Å². The van der Waals surface area contributed by atoms with Crippen LogP contribution in [-0.2, 0) is 14.3 Å². The molecule has 0 radical (unpaired) electrons. The molecular formula is C14H20O3. The lowest BCUT2D eigenvalue weighted by Crippen LogP contribution is -2.28. The highest BCUT2D eigenvalue weighted by Gasteiger charge is 2.20. The molecule has 0 fully saturated rings. The molecule has 0 unspecified atom stereocenters. The van der Waals surface area contributed by atoms with Crippen molar-refractivity contribution in [2.45, 2.75) is 20.1 Å². The van der Waals surface area contributed by atoms with Crippen molar-refractivity contribution in [1.82, 2.24) is 0 Å². The van der Waals surface area contributed by atoms with Gasteiger partial charge in [0.1, 0.15) is 0 Å². The minimum atomic E-state index is -0.856. The number of hydrogen-bond acceptors (Lipinski definition) is 3. The van der Waals surface area contributed by atoms with Gasteiger partial charge >= 0.3 is 0 Å². The number of rotatable bonds is 9. The summed E-state index contributed by atoms with van der Waals surface area (Å²) in [5.74, 6) is -0.216. The van der Waals surface area contributed by atoms with Crippen LogP contribution in [0.15, 0.2) is 49.1 Å². The van der Waals surface area contributed by atoms with Crippen molar-refractivity contribution in [1.29, 1.82) is 0 Å². The third-order valence-electron chi connectivity index (χ3n) is 1.84. The molecule has 0 spiro atoms. The minimum Gasteiger partial charge on any atom is -0.346 e. The first-order chi connectivity index (χ1) is 8.21. The molecule has 0 saturated heterocycles. The van der Waals surface area contributed by atoms with Crippen LogP contribution in [0, 0.1) is 0 Å². The first kappa shape index (κ1) is 15.6. The quantitative estimate of drug-likeness (QED) is 0.351. The van der Waals surface area contributed by atoms with Crippen molar-refractivity contribution in [3.63, 3.8) is 0 Å². The van der Waals surface area contributed by atoms with E-state index in [0.29, 0.717) is 18.8 Å². The van der Waals surface area contributed by atoms with Gasteiger partial charge in [-0.15, -0.1) is 0 Å². The van der Waals surface area contributed by atoms with Crippen molar-refractivity contribution < 1.29 is 14.3 Å². The fraction of sp³-hybridized carbons (Fsp3) is 0.357. The molecule has 0 rings (SSSR count). The van der Waals surface area contributed by atoms with E-state index in [4.69, 9.17) is 9.47 Å². The maximum Gasteiger partial charge on any atom is 0.222 e. The Kier molecular flexibility index (Phi) is 8.92. The summed E-state index contributed by atoms with van der Waals surface area (Å²) >= 11 is 0. The minimum absolute atomic E-state index is 0.216. The highest BCUT2D eigenvalue weighted by Crippen LogP contribution is 2.08. The Morgan fingerprint density at radius 3 is 2.18 bits per heavy atom. The van der Waals surface area contributed by atoms with Gasteiger partial charge in [0.05, 0.1) is 0 Å². The standard InChI is InChI=1S/C14H20O3/c1-5-9-11-12(10-6-2)13(15)14(16-7-3)17-8-4/h5-6,9-11,14H,1-2,7-8H2,3-4H3/b11-9-,12-10+. The molecule has 0 aromatic rings. The lowest BCUT2D eigenvalue weighted by Gasteiger charge is -2.15. The van der Waals surface area contributed by atoms with E-state index in [9.17, 15) is 4.79 Å². The normalized spacial score (nSPS) is 12.1. The molecular weight excluding hydrogens is 216 g/mol. The second kappa shape index (κ2) is 9.75. The third-order valence-corrected chi connectivity index (χ3v) is 1.84. The molecule has 0 aromatic heterocycles. The summed E-state index contributed by atoms with van der Waals surface area (Å²) in [6.07, 6.45) is 7.25. The molecule has 0 aliphatic heterocycles. The number of hydrogen-bond donors (Lipinski definition) is 0. The lowest BCUT2D eigenvalue weighted by molar-refractivity contribution is -0.163. The Morgan fingerprint density at radius 1 is 1.18 bits per heavy atom. The van der Waals surface area contributed by atoms with Crippen molar-refractivity contribution in [3.05, 3.63) is 49.1 Å². The van der Waals surface area contributed by atoms with Crippen LogP contribution in [0.4, 0.5) is 0 Å². The summed E-state index contributed by atoms with van der Waals surface area (Å²) < 4.78 is 10.5. The maximum atomic E-state index is 12.1. The second-order valence-corrected chi connectivity index (χ2v) is 3.06. The van der Waals surface area contributed by atoms with Crippen LogP contribution in [0.5, 0.6) is 0 Å². The van der Waals surface area contributed by atoms with Gasteiger partial charge in [-0.25, -0.2) is 0 Å². The molecule has 94 valence electrons. The van der Waals surface area contributed by atoms with Gasteiger partial charge in [-0.2, -0.15) is 0 Å². The number of carbonyl (C=O) groups excluding carboxylic acids is 1. The van der Waals surface area contributed by atoms with Crippen LogP contribution in [0.25, 0.3) is 0 Å². The van der Waals surface area contributed by atoms with E-state index in [1.807, 2.05) is 13.8 Å². The predicted octanol–water partition coefficient (Wildman–Crippen LogP) is 2.81. The van der Waals surface area contributed by atoms with Gasteiger partial charge in [0.15, 0.2) is 0 Å². The Bertz CT molecular complexity index is 307. The van der Waals surface area contributed by atoms with E-state index in [1.165, 1.54) is 0 Å². The lowest BCUT2D eigenvalue weighted by atomic mass is 10.1. The van der Waals surface area contributed by atoms with Crippen LogP contribution in [-0.4, -0.2) is 25.3 Å². The molecule has 3 heteroatoms. The highest BCUT2D eigenvalue weighted by molar-refractivity contribution is 6.00. The zero-order valence-corrected chi connectivity index (χ0v) is 10.5. The molecule has 0 saturated carbocycles. The molecule has 17 heavy (non-hydrogen) atoms. The van der Waals surface area contributed by atoms with Crippen LogP contribution in [0.2, 0.25) is 0 Å². The average molecular weight is 236 g/mol. The first-order valence-electron chi connectivity index (χ1n) is 5.60. The number of ether oxygens (including phenoxy) is 2. The molecule has 0 amide bonds. The van der Waals surface area contributed by atoms with Crippen molar-refractivity contribution in [3.8, 4) is 0 Å². The Hall–Kier alpha value is -1.45. The van der Waals surface area contributed by atoms with E-state index in [-0.39, 0.29) is 5.78 Å². The van der Waals surface area contributed by atoms with Gasteiger partial charge < -0.3 is 9.47 Å². The molecule has 0 aliphatic carbocycles. The van der Waals surface area contributed by atoms with Crippen molar-refractivity contribution >= 4 is 5.78 Å². The van der Waals surface area contributed by atoms with Gasteiger partial charge in [-0.1, -0.05) is 43.5 Å². The molecule has 0 bridgehead atoms. The topological polar surface area (TPSA) is 35.5 Å². The summed E-state index contributed by atoms with van der Waals surface area (Å²) in [4.78, 5) is 12.1. The van der Waals surface area contributed by atoms with Gasteiger partial charge in [0.2, 0.25) is 12.1 Å². The fourth-order valence-electron chi connectivity index (χ4n) is 1.16. The van der Waals surface area contributed by atoms with E-state index < -0.39 is 6.29 Å². The van der Waals surface area contributed by atoms with Gasteiger partial charge in [-0.3, -0.25) is 4.79 Å². The van der Waals surface area contributed by atoms with Gasteiger partial charge in [-0.05, 0) is 13.8 Å². The van der Waals surface area contributed by atoms with Crippen LogP contribution in [0.1, 0.15) is 13.8 Å². The van der Waals surface area contributed by atoms with Crippen LogP contribution >= 0.6 is 0 Å². The number of Topliss-reactive ketones (excluding diaryl/α,β-unsaturated/α-hetero) is 1. The first-order valence-corrected chi connectivity index (χ1v) is 5.60. The summed E-state index contributed by atoms with van der Waals surface area (Å²) in [6, 6.07) is 0. The summed E-state index contributed by atoms with van der Waals surface area (Å²) in [6.45, 7) is 11.6. The van der Waals surface area contributed by atoms with Crippen LogP contribution in [0.3, 0.4) is 0 Å². The Balaban J connectivity index is 4.89. The van der Waals surface area contributed by atoms with Crippen molar-refractivity contribution in [2.24, 2.45) is 0 Å². The highest BCUT2D eigenvalue weighted by atomic mass is 16.7. The van der Waals surface area contributed by atoms with E-state index in [1.54, 1.807) is 30.4 Å². The van der Waals surface area contributed by atoms with E-state index >= 15 is 0 Å². The molecule has 0 N–H and O–H groups in total. The maximum absolute atomic E-state index is 12.1. The zero-order valence-electron chi connectivity index (χ0n) is 10.5. The third kappa shape index (κ3) is 6.00. The Morgan fingerprint density at radius 2 is 1.76 bits per heavy atom. The Labute approximate surface area is 103 Å². The zero-order chi connectivity index (χ0) is 13.1. The monoisotopic (exact) mass is 236 g/mol. The smallest absolute Gasteiger partial charge is 0.222 e. The average Bonchev–Trinajstić information content (AvgIpc) is 2.33. The predicted molar refractivity (Wildman–Crippen MR) is 69.7 cm³/mol. The largest absolute Gasteiger partial charge is 0.346 e.